The van der Waals surface area contributed by atoms with E-state index in [4.69, 9.17) is 0 Å². The van der Waals surface area contributed by atoms with Gasteiger partial charge in [-0.05, 0) is 6.92 Å². The van der Waals surface area contributed by atoms with Crippen LogP contribution in [0.25, 0.3) is 0 Å². The maximum atomic E-state index is 3.88. The van der Waals surface area contributed by atoms with Gasteiger partial charge in [0.2, 0.25) is 0 Å². The van der Waals surface area contributed by atoms with Crippen molar-refractivity contribution in [1.29, 1.82) is 0 Å². The number of hydrazone groups is 1. The molecule has 8 heavy (non-hydrogen) atoms. The van der Waals surface area contributed by atoms with Crippen molar-refractivity contribution in [2.24, 2.45) is 5.10 Å². The molecule has 0 fully saturated rings. The van der Waals surface area contributed by atoms with Crippen LogP contribution in [0.1, 0.15) is 6.92 Å². The first-order valence-electron chi connectivity index (χ1n) is 2.93. The normalized spacial score (nSPS) is 18.4. The maximum absolute atomic E-state index is 3.88. The number of nitrogens with zero attached hydrogens (tertiary/aromatic N) is 2. The highest BCUT2D eigenvalue weighted by molar-refractivity contribution is 5.54. The van der Waals surface area contributed by atoms with Crippen LogP contribution in [0, 0.1) is 0 Å². The van der Waals surface area contributed by atoms with Crippen molar-refractivity contribution in [2.45, 2.75) is 6.92 Å². The Bertz CT molecular complexity index is 89.7. The predicted molar refractivity (Wildman–Crippen MR) is 33.7 cm³/mol. The highest BCUT2D eigenvalue weighted by Crippen LogP contribution is 1.84. The minimum atomic E-state index is 0.977. The Hall–Kier alpha value is -0.730. The summed E-state index contributed by atoms with van der Waals surface area (Å²) in [5, 5.41) is 3.88. The van der Waals surface area contributed by atoms with Crippen LogP contribution in [-0.4, -0.2) is 30.9 Å². The maximum Gasteiger partial charge on any atom is 0.111 e. The van der Waals surface area contributed by atoms with Crippen LogP contribution in [0.2, 0.25) is 0 Å². The van der Waals surface area contributed by atoms with Crippen LogP contribution >= 0.6 is 0 Å². The zero-order valence-corrected chi connectivity index (χ0v) is 5.09. The molecule has 0 amide bonds. The molecule has 1 N–H and O–H groups in total. The van der Waals surface area contributed by atoms with E-state index < -0.39 is 0 Å². The van der Waals surface area contributed by atoms with Crippen LogP contribution in [0.15, 0.2) is 5.10 Å². The van der Waals surface area contributed by atoms with Gasteiger partial charge in [0.1, 0.15) is 6.34 Å². The van der Waals surface area contributed by atoms with Gasteiger partial charge in [-0.2, -0.15) is 5.10 Å². The third kappa shape index (κ3) is 1.12. The molecule has 0 spiro atoms. The van der Waals surface area contributed by atoms with E-state index in [1.807, 2.05) is 6.34 Å². The average molecular weight is 113 g/mol. The lowest BCUT2D eigenvalue weighted by Crippen LogP contribution is -2.34. The van der Waals surface area contributed by atoms with Crippen molar-refractivity contribution in [3.05, 3.63) is 0 Å². The summed E-state index contributed by atoms with van der Waals surface area (Å²) in [6.07, 6.45) is 1.84. The molecule has 0 aromatic rings. The van der Waals surface area contributed by atoms with Gasteiger partial charge in [0.15, 0.2) is 0 Å². The molecule has 3 heteroatoms. The zero-order valence-electron chi connectivity index (χ0n) is 5.09. The van der Waals surface area contributed by atoms with Gasteiger partial charge in [-0.25, -0.2) is 0 Å². The molecular weight excluding hydrogens is 102 g/mol. The van der Waals surface area contributed by atoms with Crippen molar-refractivity contribution in [3.63, 3.8) is 0 Å². The summed E-state index contributed by atoms with van der Waals surface area (Å²) in [6, 6.07) is 0. The van der Waals surface area contributed by atoms with Gasteiger partial charge in [0, 0.05) is 13.1 Å². The van der Waals surface area contributed by atoms with E-state index in [9.17, 15) is 0 Å². The number of hydrogen-bond donors (Lipinski definition) is 1. The van der Waals surface area contributed by atoms with Crippen LogP contribution in [0.3, 0.4) is 0 Å². The number of rotatable bonds is 1. The molecule has 0 saturated carbocycles. The van der Waals surface area contributed by atoms with E-state index in [1.54, 1.807) is 0 Å². The standard InChI is InChI=1S/C5H11N3/c1-2-8-4-3-6-7-5-8/h5-6H,2-4H2,1H3. The lowest BCUT2D eigenvalue weighted by Gasteiger charge is -2.20. The largest absolute Gasteiger partial charge is 0.360 e. The van der Waals surface area contributed by atoms with Crippen molar-refractivity contribution in [1.82, 2.24) is 10.3 Å². The fourth-order valence-corrected chi connectivity index (χ4v) is 0.678. The van der Waals surface area contributed by atoms with E-state index in [2.05, 4.69) is 22.4 Å². The lowest BCUT2D eigenvalue weighted by atomic mass is 10.5. The van der Waals surface area contributed by atoms with Crippen molar-refractivity contribution in [2.75, 3.05) is 19.6 Å². The SMILES string of the molecule is CCN1C=NNCC1. The Kier molecular flexibility index (Phi) is 1.72. The second-order valence-corrected chi connectivity index (χ2v) is 1.78. The van der Waals surface area contributed by atoms with E-state index >= 15 is 0 Å². The lowest BCUT2D eigenvalue weighted by molar-refractivity contribution is 0.417. The average Bonchev–Trinajstić information content (AvgIpc) is 1.90. The van der Waals surface area contributed by atoms with Crippen LogP contribution < -0.4 is 5.43 Å². The monoisotopic (exact) mass is 113 g/mol. The van der Waals surface area contributed by atoms with E-state index in [0.717, 1.165) is 19.6 Å². The zero-order chi connectivity index (χ0) is 5.82. The first kappa shape index (κ1) is 5.41. The number of likely N-dealkylation sites (N-methyl/N-ethyl adjacent to an activating group) is 1. The summed E-state index contributed by atoms with van der Waals surface area (Å²) in [5.41, 5.74) is 2.88. The summed E-state index contributed by atoms with van der Waals surface area (Å²) in [5.74, 6) is 0. The first-order chi connectivity index (χ1) is 3.93. The summed E-state index contributed by atoms with van der Waals surface area (Å²) in [6.45, 7) is 5.24. The molecule has 1 aliphatic heterocycles. The minimum Gasteiger partial charge on any atom is -0.360 e. The third-order valence-electron chi connectivity index (χ3n) is 1.23. The van der Waals surface area contributed by atoms with Gasteiger partial charge < -0.3 is 10.3 Å². The first-order valence-corrected chi connectivity index (χ1v) is 2.93. The van der Waals surface area contributed by atoms with Gasteiger partial charge in [0.05, 0.1) is 6.54 Å². The number of hydrogen-bond acceptors (Lipinski definition) is 3. The Morgan fingerprint density at radius 2 is 2.75 bits per heavy atom. The highest BCUT2D eigenvalue weighted by atomic mass is 15.4. The Morgan fingerprint density at radius 3 is 3.12 bits per heavy atom. The highest BCUT2D eigenvalue weighted by Gasteiger charge is 1.97. The van der Waals surface area contributed by atoms with Crippen LogP contribution in [0.4, 0.5) is 0 Å². The fourth-order valence-electron chi connectivity index (χ4n) is 0.678. The molecule has 0 bridgehead atoms. The molecule has 0 unspecified atom stereocenters. The van der Waals surface area contributed by atoms with Gasteiger partial charge in [-0.3, -0.25) is 0 Å². The molecule has 0 radical (unpaired) electrons. The minimum absolute atomic E-state index is 0.977. The topological polar surface area (TPSA) is 27.6 Å². The second kappa shape index (κ2) is 2.55. The Morgan fingerprint density at radius 1 is 1.88 bits per heavy atom. The molecule has 0 aliphatic carbocycles. The molecule has 1 aliphatic rings. The van der Waals surface area contributed by atoms with Crippen molar-refractivity contribution in [3.8, 4) is 0 Å². The van der Waals surface area contributed by atoms with Crippen molar-refractivity contribution >= 4 is 6.34 Å². The van der Waals surface area contributed by atoms with Crippen LogP contribution in [0.5, 0.6) is 0 Å². The van der Waals surface area contributed by atoms with Gasteiger partial charge in [0.25, 0.3) is 0 Å². The smallest absolute Gasteiger partial charge is 0.111 e. The molecule has 1 rings (SSSR count). The van der Waals surface area contributed by atoms with E-state index in [1.165, 1.54) is 0 Å². The fraction of sp³-hybridized carbons (Fsp3) is 0.800. The molecule has 3 nitrogen and oxygen atoms in total. The van der Waals surface area contributed by atoms with Crippen molar-refractivity contribution < 1.29 is 0 Å². The molecule has 1 heterocycles. The summed E-state index contributed by atoms with van der Waals surface area (Å²) >= 11 is 0. The van der Waals surface area contributed by atoms with Crippen LogP contribution in [-0.2, 0) is 0 Å². The van der Waals surface area contributed by atoms with Gasteiger partial charge in [-0.1, -0.05) is 0 Å². The summed E-state index contributed by atoms with van der Waals surface area (Å²) in [4.78, 5) is 2.16. The molecule has 0 aromatic carbocycles. The molecule has 0 saturated heterocycles. The molecule has 0 aromatic heterocycles. The number of nitrogens with one attached hydrogen (secondary N) is 1. The van der Waals surface area contributed by atoms with Gasteiger partial charge >= 0.3 is 0 Å². The summed E-state index contributed by atoms with van der Waals surface area (Å²) < 4.78 is 0. The Balaban J connectivity index is 2.32. The second-order valence-electron chi connectivity index (χ2n) is 1.78. The van der Waals surface area contributed by atoms with E-state index in [0.29, 0.717) is 0 Å². The Labute approximate surface area is 49.4 Å². The van der Waals surface area contributed by atoms with E-state index in [-0.39, 0.29) is 0 Å². The summed E-state index contributed by atoms with van der Waals surface area (Å²) in [7, 11) is 0. The quantitative estimate of drug-likeness (QED) is 0.512. The van der Waals surface area contributed by atoms with Gasteiger partial charge in [-0.15, -0.1) is 0 Å². The third-order valence-corrected chi connectivity index (χ3v) is 1.23. The molecule has 0 atom stereocenters. The molecule has 46 valence electrons. The predicted octanol–water partition coefficient (Wildman–Crippen LogP) is -0.145. The molecular formula is C5H11N3.